The quantitative estimate of drug-likeness (QED) is 0.333. The van der Waals surface area contributed by atoms with Gasteiger partial charge >= 0.3 is 12.4 Å². The van der Waals surface area contributed by atoms with Crippen molar-refractivity contribution in [3.8, 4) is 0 Å². The Bertz CT molecular complexity index is 1090. The van der Waals surface area contributed by atoms with E-state index in [2.05, 4.69) is 10.1 Å². The van der Waals surface area contributed by atoms with E-state index >= 15 is 0 Å². The van der Waals surface area contributed by atoms with E-state index < -0.39 is 35.9 Å². The molecule has 1 aliphatic heterocycles. The molecule has 5 nitrogen and oxygen atoms in total. The van der Waals surface area contributed by atoms with E-state index in [1.165, 1.54) is 13.3 Å². The van der Waals surface area contributed by atoms with E-state index in [0.29, 0.717) is 38.1 Å². The van der Waals surface area contributed by atoms with Gasteiger partial charge in [-0.1, -0.05) is 30.3 Å². The highest BCUT2D eigenvalue weighted by molar-refractivity contribution is 5.34. The maximum absolute atomic E-state index is 13.3. The summed E-state index contributed by atoms with van der Waals surface area (Å²) in [5.74, 6) is -0.200. The third kappa shape index (κ3) is 6.25. The Morgan fingerprint density at radius 2 is 1.69 bits per heavy atom. The van der Waals surface area contributed by atoms with Gasteiger partial charge in [0.2, 0.25) is 0 Å². The van der Waals surface area contributed by atoms with Crippen molar-refractivity contribution in [1.29, 1.82) is 0 Å². The lowest BCUT2D eigenvalue weighted by Crippen LogP contribution is -2.37. The first-order chi connectivity index (χ1) is 17.0. The normalized spacial score (nSPS) is 21.9. The highest BCUT2D eigenvalue weighted by Gasteiger charge is 2.39. The van der Waals surface area contributed by atoms with Crippen LogP contribution in [0.4, 0.5) is 26.3 Å². The molecule has 0 saturated carbocycles. The molecule has 0 bridgehead atoms. The average molecular weight is 513 g/mol. The van der Waals surface area contributed by atoms with Crippen LogP contribution < -0.4 is 0 Å². The first kappa shape index (κ1) is 26.2. The van der Waals surface area contributed by atoms with Crippen LogP contribution in [0.1, 0.15) is 54.0 Å². The van der Waals surface area contributed by atoms with Crippen LogP contribution in [-0.2, 0) is 28.4 Å². The number of nitrogens with zero attached hydrogens (tertiary/aromatic N) is 3. The molecule has 0 amide bonds. The van der Waals surface area contributed by atoms with E-state index in [4.69, 9.17) is 9.47 Å². The van der Waals surface area contributed by atoms with Gasteiger partial charge in [0.25, 0.3) is 0 Å². The Morgan fingerprint density at radius 3 is 2.28 bits per heavy atom. The van der Waals surface area contributed by atoms with Crippen LogP contribution in [-0.4, -0.2) is 27.7 Å². The highest BCUT2D eigenvalue weighted by Crippen LogP contribution is 2.42. The Balaban J connectivity index is 1.61. The van der Waals surface area contributed by atoms with Gasteiger partial charge in [-0.05, 0) is 55.0 Å². The summed E-state index contributed by atoms with van der Waals surface area (Å²) in [6.45, 7) is 2.37. The molecule has 0 radical (unpaired) electrons. The first-order valence-electron chi connectivity index (χ1n) is 11.5. The number of aryl methyl sites for hydroxylation is 1. The van der Waals surface area contributed by atoms with Crippen molar-refractivity contribution < 1.29 is 35.8 Å². The van der Waals surface area contributed by atoms with Crippen molar-refractivity contribution >= 4 is 0 Å². The van der Waals surface area contributed by atoms with Gasteiger partial charge in [-0.3, -0.25) is 4.68 Å². The van der Waals surface area contributed by atoms with Gasteiger partial charge < -0.3 is 9.47 Å². The summed E-state index contributed by atoms with van der Waals surface area (Å²) in [6.07, 6.45) is -7.34. The first-order valence-corrected chi connectivity index (χ1v) is 11.5. The van der Waals surface area contributed by atoms with Crippen LogP contribution in [0, 0.1) is 5.92 Å². The lowest BCUT2D eigenvalue weighted by molar-refractivity contribution is -0.210. The van der Waals surface area contributed by atoms with Gasteiger partial charge in [-0.2, -0.15) is 31.4 Å². The monoisotopic (exact) mass is 513 g/mol. The second-order valence-corrected chi connectivity index (χ2v) is 8.79. The summed E-state index contributed by atoms with van der Waals surface area (Å²) in [4.78, 5) is 3.94. The summed E-state index contributed by atoms with van der Waals surface area (Å²) in [5.41, 5.74) is -2.06. The largest absolute Gasteiger partial charge is 0.416 e. The van der Waals surface area contributed by atoms with Crippen molar-refractivity contribution in [2.24, 2.45) is 5.92 Å². The summed E-state index contributed by atoms with van der Waals surface area (Å²) in [5, 5.41) is 4.12. The van der Waals surface area contributed by atoms with E-state index in [9.17, 15) is 26.3 Å². The topological polar surface area (TPSA) is 49.2 Å². The molecule has 2 heterocycles. The molecule has 194 valence electrons. The summed E-state index contributed by atoms with van der Waals surface area (Å²) >= 11 is 0. The molecule has 0 N–H and O–H groups in total. The zero-order valence-electron chi connectivity index (χ0n) is 19.3. The van der Waals surface area contributed by atoms with E-state index in [-0.39, 0.29) is 23.5 Å². The molecule has 0 spiro atoms. The fraction of sp³-hybridized carbons (Fsp3) is 0.440. The third-order valence-electron chi connectivity index (χ3n) is 6.37. The van der Waals surface area contributed by atoms with Crippen LogP contribution in [0.25, 0.3) is 0 Å². The molecule has 3 aromatic rings. The lowest BCUT2D eigenvalue weighted by Gasteiger charge is -2.39. The number of hydrogen-bond acceptors (Lipinski definition) is 4. The molecule has 2 aromatic carbocycles. The zero-order valence-corrected chi connectivity index (χ0v) is 19.3. The molecule has 1 aromatic heterocycles. The zero-order chi connectivity index (χ0) is 25.9. The number of benzene rings is 2. The Morgan fingerprint density at radius 1 is 1.03 bits per heavy atom. The third-order valence-corrected chi connectivity index (χ3v) is 6.37. The average Bonchev–Trinajstić information content (AvgIpc) is 3.36. The van der Waals surface area contributed by atoms with E-state index in [1.807, 2.05) is 30.3 Å². The minimum absolute atomic E-state index is 0.0785. The SMILES string of the molecule is C[C@@H](O[C@H]1OCC[C@H](CCn2cncn2)[C@H]1c1ccccc1)c1cc(C(F)(F)F)cc(C(F)(F)F)c1. The van der Waals surface area contributed by atoms with Crippen molar-refractivity contribution in [1.82, 2.24) is 14.8 Å². The van der Waals surface area contributed by atoms with E-state index in [0.717, 1.165) is 5.56 Å². The predicted molar refractivity (Wildman–Crippen MR) is 118 cm³/mol. The van der Waals surface area contributed by atoms with Gasteiger partial charge in [0.1, 0.15) is 12.7 Å². The van der Waals surface area contributed by atoms with Gasteiger partial charge in [0.05, 0.1) is 23.8 Å². The fourth-order valence-electron chi connectivity index (χ4n) is 4.53. The number of alkyl halides is 6. The number of aromatic nitrogens is 3. The van der Waals surface area contributed by atoms with Crippen LogP contribution in [0.15, 0.2) is 61.2 Å². The molecular formula is C25H25F6N3O2. The molecule has 1 saturated heterocycles. The van der Waals surface area contributed by atoms with Crippen LogP contribution >= 0.6 is 0 Å². The Kier molecular flexibility index (Phi) is 7.70. The minimum atomic E-state index is -4.93. The summed E-state index contributed by atoms with van der Waals surface area (Å²) in [6, 6.07) is 10.9. The molecule has 1 fully saturated rings. The molecule has 11 heteroatoms. The fourth-order valence-corrected chi connectivity index (χ4v) is 4.53. The lowest BCUT2D eigenvalue weighted by atomic mass is 9.80. The second-order valence-electron chi connectivity index (χ2n) is 8.79. The second kappa shape index (κ2) is 10.6. The van der Waals surface area contributed by atoms with Gasteiger partial charge in [-0.25, -0.2) is 4.98 Å². The maximum Gasteiger partial charge on any atom is 0.416 e. The van der Waals surface area contributed by atoms with Crippen molar-refractivity contribution in [2.45, 2.75) is 57.0 Å². The molecule has 0 aliphatic carbocycles. The molecular weight excluding hydrogens is 488 g/mol. The van der Waals surface area contributed by atoms with Crippen LogP contribution in [0.3, 0.4) is 0 Å². The molecule has 36 heavy (non-hydrogen) atoms. The van der Waals surface area contributed by atoms with Crippen molar-refractivity contribution in [3.63, 3.8) is 0 Å². The number of hydrogen-bond donors (Lipinski definition) is 0. The Hall–Kier alpha value is -2.92. The Labute approximate surface area is 204 Å². The van der Waals surface area contributed by atoms with E-state index in [1.54, 1.807) is 11.0 Å². The van der Waals surface area contributed by atoms with Crippen LogP contribution in [0.5, 0.6) is 0 Å². The van der Waals surface area contributed by atoms with Gasteiger partial charge in [-0.15, -0.1) is 0 Å². The molecule has 1 aliphatic rings. The smallest absolute Gasteiger partial charge is 0.352 e. The minimum Gasteiger partial charge on any atom is -0.352 e. The molecule has 4 rings (SSSR count). The van der Waals surface area contributed by atoms with Crippen molar-refractivity contribution in [2.75, 3.05) is 6.61 Å². The van der Waals surface area contributed by atoms with Gasteiger partial charge in [0.15, 0.2) is 6.29 Å². The standard InChI is InChI=1S/C25H25F6N3O2/c1-16(19-11-20(24(26,27)28)13-21(12-19)25(29,30)31)36-23-22(17-5-3-2-4-6-17)18(8-10-35-23)7-9-34-15-32-14-33-34/h2-6,11-16,18,22-23H,7-10H2,1H3/t16-,18+,22-,23-/m1/s1. The summed E-state index contributed by atoms with van der Waals surface area (Å²) in [7, 11) is 0. The van der Waals surface area contributed by atoms with Crippen molar-refractivity contribution in [3.05, 3.63) is 83.4 Å². The number of ether oxygens (including phenoxy) is 2. The maximum atomic E-state index is 13.3. The van der Waals surface area contributed by atoms with Crippen LogP contribution in [0.2, 0.25) is 0 Å². The summed E-state index contributed by atoms with van der Waals surface area (Å²) < 4.78 is 93.8. The molecule has 0 unspecified atom stereocenters. The predicted octanol–water partition coefficient (Wildman–Crippen LogP) is 6.63. The highest BCUT2D eigenvalue weighted by atomic mass is 19.4. The number of rotatable bonds is 7. The molecule has 4 atom stereocenters. The number of halogens is 6. The van der Waals surface area contributed by atoms with Gasteiger partial charge in [0, 0.05) is 12.5 Å².